The summed E-state index contributed by atoms with van der Waals surface area (Å²) in [5.41, 5.74) is 0.936. The fourth-order valence-electron chi connectivity index (χ4n) is 3.27. The third-order valence-corrected chi connectivity index (χ3v) is 5.80. The monoisotopic (exact) mass is 397 g/mol. The van der Waals surface area contributed by atoms with Crippen molar-refractivity contribution in [2.24, 2.45) is 0 Å². The lowest BCUT2D eigenvalue weighted by atomic mass is 10.3. The van der Waals surface area contributed by atoms with Crippen molar-refractivity contribution in [3.63, 3.8) is 0 Å². The van der Waals surface area contributed by atoms with E-state index in [0.717, 1.165) is 38.4 Å². The fraction of sp³-hybridized carbons (Fsp3) is 0.350. The highest BCUT2D eigenvalue weighted by Gasteiger charge is 2.22. The highest BCUT2D eigenvalue weighted by Crippen LogP contribution is 2.28. The summed E-state index contributed by atoms with van der Waals surface area (Å²) >= 11 is 1.41. The number of amides is 1. The fourth-order valence-corrected chi connectivity index (χ4v) is 4.12. The zero-order valence-electron chi connectivity index (χ0n) is 15.8. The summed E-state index contributed by atoms with van der Waals surface area (Å²) in [6.07, 6.45) is 1.62. The second kappa shape index (κ2) is 8.62. The SMILES string of the molecule is CCN1CCN(C(=O)CSc2nnc(-c3ccco3)n2-c2ccccc2)CC1. The standard InChI is InChI=1S/C20H23N5O2S/c1-2-23-10-12-24(13-11-23)18(26)15-28-20-22-21-19(17-9-6-14-27-17)25(20)16-7-4-3-5-8-16/h3-9,14H,2,10-13,15H2,1H3. The second-order valence-electron chi connectivity index (χ2n) is 6.56. The molecule has 0 spiro atoms. The number of furan rings is 1. The minimum Gasteiger partial charge on any atom is -0.461 e. The summed E-state index contributed by atoms with van der Waals surface area (Å²) in [7, 11) is 0. The second-order valence-corrected chi connectivity index (χ2v) is 7.50. The highest BCUT2D eigenvalue weighted by atomic mass is 32.2. The van der Waals surface area contributed by atoms with Crippen molar-refractivity contribution in [3.8, 4) is 17.3 Å². The largest absolute Gasteiger partial charge is 0.461 e. The smallest absolute Gasteiger partial charge is 0.233 e. The predicted molar refractivity (Wildman–Crippen MR) is 108 cm³/mol. The molecule has 0 radical (unpaired) electrons. The summed E-state index contributed by atoms with van der Waals surface area (Å²) < 4.78 is 7.46. The van der Waals surface area contributed by atoms with Crippen LogP contribution in [0.4, 0.5) is 0 Å². The first-order valence-corrected chi connectivity index (χ1v) is 10.4. The maximum atomic E-state index is 12.7. The summed E-state index contributed by atoms with van der Waals surface area (Å²) in [4.78, 5) is 17.0. The number of benzene rings is 1. The third-order valence-electron chi connectivity index (χ3n) is 4.89. The summed E-state index contributed by atoms with van der Waals surface area (Å²) in [5, 5.41) is 9.32. The number of piperazine rings is 1. The number of carbonyl (C=O) groups is 1. The number of hydrogen-bond acceptors (Lipinski definition) is 6. The van der Waals surface area contributed by atoms with Gasteiger partial charge in [-0.05, 0) is 30.8 Å². The van der Waals surface area contributed by atoms with E-state index >= 15 is 0 Å². The quantitative estimate of drug-likeness (QED) is 0.596. The van der Waals surface area contributed by atoms with Gasteiger partial charge in [-0.1, -0.05) is 36.9 Å². The molecule has 0 bridgehead atoms. The van der Waals surface area contributed by atoms with Crippen LogP contribution < -0.4 is 0 Å². The summed E-state index contributed by atoms with van der Waals surface area (Å²) in [6.45, 7) is 6.64. The average molecular weight is 398 g/mol. The highest BCUT2D eigenvalue weighted by molar-refractivity contribution is 7.99. The number of carbonyl (C=O) groups excluding carboxylic acids is 1. The molecule has 0 aliphatic carbocycles. The molecule has 146 valence electrons. The van der Waals surface area contributed by atoms with Crippen molar-refractivity contribution in [2.45, 2.75) is 12.1 Å². The van der Waals surface area contributed by atoms with Crippen LogP contribution in [-0.2, 0) is 4.79 Å². The van der Waals surface area contributed by atoms with Gasteiger partial charge in [-0.3, -0.25) is 9.36 Å². The first-order chi connectivity index (χ1) is 13.8. The summed E-state index contributed by atoms with van der Waals surface area (Å²) in [5.74, 6) is 1.76. The minimum atomic E-state index is 0.142. The zero-order chi connectivity index (χ0) is 19.3. The van der Waals surface area contributed by atoms with Gasteiger partial charge in [0.15, 0.2) is 10.9 Å². The van der Waals surface area contributed by atoms with Gasteiger partial charge in [0.25, 0.3) is 0 Å². The lowest BCUT2D eigenvalue weighted by Crippen LogP contribution is -2.49. The van der Waals surface area contributed by atoms with E-state index in [-0.39, 0.29) is 5.91 Å². The van der Waals surface area contributed by atoms with Crippen LogP contribution in [0.15, 0.2) is 58.3 Å². The first kappa shape index (κ1) is 18.8. The molecule has 1 amide bonds. The van der Waals surface area contributed by atoms with Crippen LogP contribution in [0.25, 0.3) is 17.3 Å². The minimum absolute atomic E-state index is 0.142. The van der Waals surface area contributed by atoms with Crippen LogP contribution in [0, 0.1) is 0 Å². The van der Waals surface area contributed by atoms with Crippen molar-refractivity contribution in [1.29, 1.82) is 0 Å². The number of aromatic nitrogens is 3. The van der Waals surface area contributed by atoms with Crippen molar-refractivity contribution < 1.29 is 9.21 Å². The lowest BCUT2D eigenvalue weighted by molar-refractivity contribution is -0.130. The maximum Gasteiger partial charge on any atom is 0.233 e. The molecule has 1 aliphatic rings. The molecular formula is C20H23N5O2S. The third kappa shape index (κ3) is 3.98. The topological polar surface area (TPSA) is 67.4 Å². The van der Waals surface area contributed by atoms with Crippen LogP contribution in [0.2, 0.25) is 0 Å². The molecule has 8 heteroatoms. The Hall–Kier alpha value is -2.58. The first-order valence-electron chi connectivity index (χ1n) is 9.44. The molecule has 3 heterocycles. The molecule has 1 aliphatic heterocycles. The van der Waals surface area contributed by atoms with Crippen LogP contribution in [0.5, 0.6) is 0 Å². The Morgan fingerprint density at radius 1 is 1.07 bits per heavy atom. The molecule has 1 fully saturated rings. The van der Waals surface area contributed by atoms with Gasteiger partial charge >= 0.3 is 0 Å². The Labute approximate surface area is 168 Å². The molecule has 7 nitrogen and oxygen atoms in total. The van der Waals surface area contributed by atoms with Gasteiger partial charge in [-0.2, -0.15) is 0 Å². The molecule has 0 saturated carbocycles. The molecular weight excluding hydrogens is 374 g/mol. The molecule has 2 aromatic heterocycles. The van der Waals surface area contributed by atoms with E-state index in [0.29, 0.717) is 22.5 Å². The van der Waals surface area contributed by atoms with Crippen molar-refractivity contribution >= 4 is 17.7 Å². The Morgan fingerprint density at radius 3 is 2.54 bits per heavy atom. The summed E-state index contributed by atoms with van der Waals surface area (Å²) in [6, 6.07) is 13.6. The number of likely N-dealkylation sites (N-methyl/N-ethyl adjacent to an activating group) is 1. The van der Waals surface area contributed by atoms with Crippen LogP contribution in [0.3, 0.4) is 0 Å². The van der Waals surface area contributed by atoms with Gasteiger partial charge in [0.1, 0.15) is 0 Å². The van der Waals surface area contributed by atoms with E-state index in [2.05, 4.69) is 22.0 Å². The zero-order valence-corrected chi connectivity index (χ0v) is 16.6. The normalized spacial score (nSPS) is 15.1. The number of rotatable bonds is 6. The molecule has 1 saturated heterocycles. The number of hydrogen-bond donors (Lipinski definition) is 0. The molecule has 0 N–H and O–H groups in total. The van der Waals surface area contributed by atoms with Gasteiger partial charge in [0.2, 0.25) is 11.7 Å². The molecule has 4 rings (SSSR count). The van der Waals surface area contributed by atoms with Crippen LogP contribution >= 0.6 is 11.8 Å². The van der Waals surface area contributed by atoms with Gasteiger partial charge in [0, 0.05) is 31.9 Å². The lowest BCUT2D eigenvalue weighted by Gasteiger charge is -2.34. The van der Waals surface area contributed by atoms with E-state index in [1.165, 1.54) is 11.8 Å². The van der Waals surface area contributed by atoms with Crippen LogP contribution in [0.1, 0.15) is 6.92 Å². The van der Waals surface area contributed by atoms with E-state index < -0.39 is 0 Å². The molecule has 28 heavy (non-hydrogen) atoms. The van der Waals surface area contributed by atoms with E-state index in [4.69, 9.17) is 4.42 Å². The average Bonchev–Trinajstić information content (AvgIpc) is 3.42. The Kier molecular flexibility index (Phi) is 5.78. The Bertz CT molecular complexity index is 902. The maximum absolute atomic E-state index is 12.7. The van der Waals surface area contributed by atoms with Crippen molar-refractivity contribution in [2.75, 3.05) is 38.5 Å². The van der Waals surface area contributed by atoms with Crippen LogP contribution in [-0.4, -0.2) is 68.9 Å². The van der Waals surface area contributed by atoms with Gasteiger partial charge < -0.3 is 14.2 Å². The Morgan fingerprint density at radius 2 is 1.86 bits per heavy atom. The predicted octanol–water partition coefficient (Wildman–Crippen LogP) is 2.78. The van der Waals surface area contributed by atoms with Crippen molar-refractivity contribution in [1.82, 2.24) is 24.6 Å². The Balaban J connectivity index is 1.51. The van der Waals surface area contributed by atoms with Gasteiger partial charge in [-0.25, -0.2) is 0 Å². The van der Waals surface area contributed by atoms with Gasteiger partial charge in [-0.15, -0.1) is 10.2 Å². The van der Waals surface area contributed by atoms with E-state index in [1.807, 2.05) is 51.9 Å². The van der Waals surface area contributed by atoms with Crippen molar-refractivity contribution in [3.05, 3.63) is 48.7 Å². The molecule has 1 aromatic carbocycles. The van der Waals surface area contributed by atoms with E-state index in [1.54, 1.807) is 6.26 Å². The van der Waals surface area contributed by atoms with Gasteiger partial charge in [0.05, 0.1) is 12.0 Å². The number of nitrogens with zero attached hydrogens (tertiary/aromatic N) is 5. The number of thioether (sulfide) groups is 1. The molecule has 0 atom stereocenters. The number of para-hydroxylation sites is 1. The molecule has 3 aromatic rings. The van der Waals surface area contributed by atoms with E-state index in [9.17, 15) is 4.79 Å². The molecule has 0 unspecified atom stereocenters.